The van der Waals surface area contributed by atoms with Gasteiger partial charge in [-0.05, 0) is 30.5 Å². The van der Waals surface area contributed by atoms with E-state index < -0.39 is 0 Å². The summed E-state index contributed by atoms with van der Waals surface area (Å²) in [5, 5.41) is 4.02. The minimum Gasteiger partial charge on any atom is -0.468 e. The van der Waals surface area contributed by atoms with Crippen LogP contribution in [0.4, 0.5) is 0 Å². The number of nitrogens with one attached hydrogen (secondary N) is 1. The summed E-state index contributed by atoms with van der Waals surface area (Å²) in [5.74, 6) is -0.224. The number of methoxy groups -OCH3 is 1. The fraction of sp³-hybridized carbons (Fsp3) is 0.500. The highest BCUT2D eigenvalue weighted by Crippen LogP contribution is 2.21. The van der Waals surface area contributed by atoms with Crippen LogP contribution >= 0.6 is 11.6 Å². The van der Waals surface area contributed by atoms with Crippen LogP contribution in [0.5, 0.6) is 0 Å². The lowest BCUT2D eigenvalue weighted by molar-refractivity contribution is -0.143. The highest BCUT2D eigenvalue weighted by Gasteiger charge is 2.21. The van der Waals surface area contributed by atoms with E-state index >= 15 is 0 Å². The molecule has 1 aromatic carbocycles. The lowest BCUT2D eigenvalue weighted by atomic mass is 10.0. The van der Waals surface area contributed by atoms with Crippen molar-refractivity contribution >= 4 is 17.6 Å². The Morgan fingerprint density at radius 2 is 2.11 bits per heavy atom. The van der Waals surface area contributed by atoms with E-state index in [-0.39, 0.29) is 18.1 Å². The Kier molecular flexibility index (Phi) is 6.16. The molecule has 1 N–H and O–H groups in total. The normalized spacial score (nSPS) is 14.0. The van der Waals surface area contributed by atoms with E-state index in [1.807, 2.05) is 31.2 Å². The van der Waals surface area contributed by atoms with Crippen LogP contribution in [0.3, 0.4) is 0 Å². The van der Waals surface area contributed by atoms with Crippen molar-refractivity contribution in [2.45, 2.75) is 38.8 Å². The van der Waals surface area contributed by atoms with E-state index in [2.05, 4.69) is 12.2 Å². The molecule has 4 heteroatoms. The van der Waals surface area contributed by atoms with E-state index in [0.717, 1.165) is 12.0 Å². The predicted octanol–water partition coefficient (Wildman–Crippen LogP) is 3.33. The fourth-order valence-electron chi connectivity index (χ4n) is 1.91. The van der Waals surface area contributed by atoms with Crippen molar-refractivity contribution in [2.24, 2.45) is 0 Å². The number of carbonyl (C=O) groups excluding carboxylic acids is 1. The number of carbonyl (C=O) groups is 1. The van der Waals surface area contributed by atoms with Gasteiger partial charge in [-0.1, -0.05) is 37.6 Å². The van der Waals surface area contributed by atoms with Gasteiger partial charge in [-0.25, -0.2) is 0 Å². The van der Waals surface area contributed by atoms with Gasteiger partial charge in [-0.3, -0.25) is 10.1 Å². The average Bonchev–Trinajstić information content (AvgIpc) is 2.39. The van der Waals surface area contributed by atoms with Crippen LogP contribution in [0.25, 0.3) is 0 Å². The van der Waals surface area contributed by atoms with Gasteiger partial charge in [0.15, 0.2) is 0 Å². The minimum absolute atomic E-state index is 0.104. The SMILES string of the molecule is CCC(NC(CC)c1cccc(Cl)c1)C(=O)OC. The summed E-state index contributed by atoms with van der Waals surface area (Å²) in [6, 6.07) is 7.52. The third-order valence-electron chi connectivity index (χ3n) is 2.96. The highest BCUT2D eigenvalue weighted by molar-refractivity contribution is 6.30. The third kappa shape index (κ3) is 4.00. The second-order valence-corrected chi connectivity index (χ2v) is 4.60. The molecule has 2 unspecified atom stereocenters. The maximum absolute atomic E-state index is 11.6. The Morgan fingerprint density at radius 1 is 1.39 bits per heavy atom. The maximum Gasteiger partial charge on any atom is 0.322 e. The van der Waals surface area contributed by atoms with Gasteiger partial charge in [0.2, 0.25) is 0 Å². The standard InChI is InChI=1S/C14H20ClNO2/c1-4-12(10-7-6-8-11(15)9-10)16-13(5-2)14(17)18-3/h6-9,12-13,16H,4-5H2,1-3H3. The lowest BCUT2D eigenvalue weighted by Crippen LogP contribution is -2.39. The molecule has 2 atom stereocenters. The molecule has 18 heavy (non-hydrogen) atoms. The molecule has 0 fully saturated rings. The van der Waals surface area contributed by atoms with Gasteiger partial charge in [0.25, 0.3) is 0 Å². The summed E-state index contributed by atoms with van der Waals surface area (Å²) in [5.41, 5.74) is 1.09. The van der Waals surface area contributed by atoms with Crippen molar-refractivity contribution < 1.29 is 9.53 Å². The Hall–Kier alpha value is -1.06. The highest BCUT2D eigenvalue weighted by atomic mass is 35.5. The molecular weight excluding hydrogens is 250 g/mol. The Morgan fingerprint density at radius 3 is 2.61 bits per heavy atom. The zero-order valence-corrected chi connectivity index (χ0v) is 11.8. The van der Waals surface area contributed by atoms with Gasteiger partial charge in [0.1, 0.15) is 6.04 Å². The Labute approximate surface area is 113 Å². The number of hydrogen-bond acceptors (Lipinski definition) is 3. The lowest BCUT2D eigenvalue weighted by Gasteiger charge is -2.23. The van der Waals surface area contributed by atoms with Crippen molar-refractivity contribution in [3.63, 3.8) is 0 Å². The first-order valence-electron chi connectivity index (χ1n) is 6.21. The molecule has 1 rings (SSSR count). The fourth-order valence-corrected chi connectivity index (χ4v) is 2.11. The number of benzene rings is 1. The van der Waals surface area contributed by atoms with Gasteiger partial charge >= 0.3 is 5.97 Å². The predicted molar refractivity (Wildman–Crippen MR) is 73.7 cm³/mol. The molecule has 0 heterocycles. The first kappa shape index (κ1) is 15.0. The van der Waals surface area contributed by atoms with Gasteiger partial charge < -0.3 is 4.74 Å². The third-order valence-corrected chi connectivity index (χ3v) is 3.19. The molecule has 0 saturated heterocycles. The average molecular weight is 270 g/mol. The van der Waals surface area contributed by atoms with E-state index in [1.54, 1.807) is 0 Å². The molecule has 0 aliphatic carbocycles. The number of halogens is 1. The van der Waals surface area contributed by atoms with Gasteiger partial charge in [0.05, 0.1) is 7.11 Å². The minimum atomic E-state index is -0.279. The molecule has 0 saturated carbocycles. The van der Waals surface area contributed by atoms with Gasteiger partial charge in [-0.15, -0.1) is 0 Å². The smallest absolute Gasteiger partial charge is 0.322 e. The van der Waals surface area contributed by atoms with Crippen molar-refractivity contribution in [1.29, 1.82) is 0 Å². The summed E-state index contributed by atoms with van der Waals surface area (Å²) < 4.78 is 4.78. The molecule has 0 aromatic heterocycles. The van der Waals surface area contributed by atoms with Crippen LogP contribution < -0.4 is 5.32 Å². The Balaban J connectivity index is 2.80. The molecule has 0 spiro atoms. The van der Waals surface area contributed by atoms with E-state index in [4.69, 9.17) is 16.3 Å². The van der Waals surface area contributed by atoms with Crippen molar-refractivity contribution in [3.05, 3.63) is 34.9 Å². The Bertz CT molecular complexity index is 395. The molecule has 1 aromatic rings. The maximum atomic E-state index is 11.6. The van der Waals surface area contributed by atoms with E-state index in [9.17, 15) is 4.79 Å². The summed E-state index contributed by atoms with van der Waals surface area (Å²) >= 11 is 5.99. The molecule has 100 valence electrons. The van der Waals surface area contributed by atoms with Crippen LogP contribution in [-0.4, -0.2) is 19.1 Å². The van der Waals surface area contributed by atoms with Crippen LogP contribution in [0.1, 0.15) is 38.3 Å². The van der Waals surface area contributed by atoms with Crippen LogP contribution in [0.15, 0.2) is 24.3 Å². The second-order valence-electron chi connectivity index (χ2n) is 4.17. The quantitative estimate of drug-likeness (QED) is 0.805. The summed E-state index contributed by atoms with van der Waals surface area (Å²) in [4.78, 5) is 11.6. The van der Waals surface area contributed by atoms with Gasteiger partial charge in [0, 0.05) is 11.1 Å². The molecular formula is C14H20ClNO2. The summed E-state index contributed by atoms with van der Waals surface area (Å²) in [7, 11) is 1.41. The summed E-state index contributed by atoms with van der Waals surface area (Å²) in [6.45, 7) is 4.03. The summed E-state index contributed by atoms with van der Waals surface area (Å²) in [6.07, 6.45) is 1.58. The van der Waals surface area contributed by atoms with Crippen molar-refractivity contribution in [1.82, 2.24) is 5.32 Å². The van der Waals surface area contributed by atoms with Crippen LogP contribution in [0, 0.1) is 0 Å². The zero-order chi connectivity index (χ0) is 13.5. The molecule has 0 radical (unpaired) electrons. The van der Waals surface area contributed by atoms with E-state index in [0.29, 0.717) is 11.4 Å². The van der Waals surface area contributed by atoms with Crippen LogP contribution in [0.2, 0.25) is 5.02 Å². The number of rotatable bonds is 6. The molecule has 3 nitrogen and oxygen atoms in total. The molecule has 0 aliphatic heterocycles. The van der Waals surface area contributed by atoms with Crippen LogP contribution in [-0.2, 0) is 9.53 Å². The zero-order valence-electron chi connectivity index (χ0n) is 11.1. The number of ether oxygens (including phenoxy) is 1. The topological polar surface area (TPSA) is 38.3 Å². The molecule has 0 aliphatic rings. The monoisotopic (exact) mass is 269 g/mol. The first-order valence-corrected chi connectivity index (χ1v) is 6.59. The largest absolute Gasteiger partial charge is 0.468 e. The van der Waals surface area contributed by atoms with Crippen molar-refractivity contribution in [3.8, 4) is 0 Å². The molecule has 0 amide bonds. The van der Waals surface area contributed by atoms with Crippen molar-refractivity contribution in [2.75, 3.05) is 7.11 Å². The molecule has 0 bridgehead atoms. The second kappa shape index (κ2) is 7.39. The van der Waals surface area contributed by atoms with E-state index in [1.165, 1.54) is 7.11 Å². The first-order chi connectivity index (χ1) is 8.62. The number of esters is 1. The van der Waals surface area contributed by atoms with Gasteiger partial charge in [-0.2, -0.15) is 0 Å². The number of hydrogen-bond donors (Lipinski definition) is 1.